The summed E-state index contributed by atoms with van der Waals surface area (Å²) in [5.41, 5.74) is 0.764. The van der Waals surface area contributed by atoms with Crippen molar-refractivity contribution in [1.82, 2.24) is 10.2 Å². The first-order valence-corrected chi connectivity index (χ1v) is 7.08. The minimum atomic E-state index is -0.117. The smallest absolute Gasteiger partial charge is 0.127 e. The minimum absolute atomic E-state index is 0.117. The van der Waals surface area contributed by atoms with Crippen molar-refractivity contribution >= 4 is 0 Å². The van der Waals surface area contributed by atoms with Gasteiger partial charge < -0.3 is 5.32 Å². The van der Waals surface area contributed by atoms with Crippen molar-refractivity contribution < 1.29 is 4.39 Å². The maximum Gasteiger partial charge on any atom is 0.127 e. The normalized spacial score (nSPS) is 13.5. The van der Waals surface area contributed by atoms with Crippen molar-refractivity contribution in [2.24, 2.45) is 5.92 Å². The molecule has 19 heavy (non-hydrogen) atoms. The summed E-state index contributed by atoms with van der Waals surface area (Å²) < 4.78 is 13.7. The van der Waals surface area contributed by atoms with E-state index < -0.39 is 0 Å². The Morgan fingerprint density at radius 2 is 1.79 bits per heavy atom. The van der Waals surface area contributed by atoms with Gasteiger partial charge >= 0.3 is 0 Å². The third kappa shape index (κ3) is 5.29. The first kappa shape index (κ1) is 16.1. The molecular weight excluding hydrogens is 239 g/mol. The van der Waals surface area contributed by atoms with Crippen LogP contribution < -0.4 is 5.32 Å². The highest BCUT2D eigenvalue weighted by atomic mass is 19.1. The molecule has 0 saturated heterocycles. The Bertz CT molecular complexity index is 377. The average Bonchev–Trinajstić information content (AvgIpc) is 2.31. The Hall–Kier alpha value is -0.930. The third-order valence-electron chi connectivity index (χ3n) is 3.45. The highest BCUT2D eigenvalue weighted by molar-refractivity contribution is 5.17. The minimum Gasteiger partial charge on any atom is -0.313 e. The van der Waals surface area contributed by atoms with Gasteiger partial charge in [0.1, 0.15) is 5.82 Å². The lowest BCUT2D eigenvalue weighted by atomic mass is 10.0. The summed E-state index contributed by atoms with van der Waals surface area (Å²) in [5, 5.41) is 3.47. The lowest BCUT2D eigenvalue weighted by Crippen LogP contribution is -2.44. The Morgan fingerprint density at radius 3 is 2.32 bits per heavy atom. The second-order valence-electron chi connectivity index (χ2n) is 5.88. The van der Waals surface area contributed by atoms with Gasteiger partial charge in [-0.05, 0) is 19.0 Å². The monoisotopic (exact) mass is 266 g/mol. The molecule has 0 heterocycles. The van der Waals surface area contributed by atoms with Crippen LogP contribution in [0.5, 0.6) is 0 Å². The predicted octanol–water partition coefficient (Wildman–Crippen LogP) is 3.28. The summed E-state index contributed by atoms with van der Waals surface area (Å²) in [6.07, 6.45) is 0. The number of likely N-dealkylation sites (N-methyl/N-ethyl adjacent to an activating group) is 1. The number of hydrogen-bond acceptors (Lipinski definition) is 2. The topological polar surface area (TPSA) is 15.3 Å². The van der Waals surface area contributed by atoms with Gasteiger partial charge in [-0.3, -0.25) is 4.90 Å². The van der Waals surface area contributed by atoms with Gasteiger partial charge in [0.15, 0.2) is 0 Å². The summed E-state index contributed by atoms with van der Waals surface area (Å²) in [6.45, 7) is 10.3. The van der Waals surface area contributed by atoms with E-state index in [0.717, 1.165) is 12.1 Å². The zero-order valence-corrected chi connectivity index (χ0v) is 12.8. The van der Waals surface area contributed by atoms with Crippen LogP contribution in [0.15, 0.2) is 24.3 Å². The zero-order chi connectivity index (χ0) is 14.4. The summed E-state index contributed by atoms with van der Waals surface area (Å²) in [6, 6.07) is 7.89. The average molecular weight is 266 g/mol. The fourth-order valence-electron chi connectivity index (χ4n) is 2.27. The van der Waals surface area contributed by atoms with Crippen molar-refractivity contribution in [1.29, 1.82) is 0 Å². The molecule has 0 fully saturated rings. The van der Waals surface area contributed by atoms with Gasteiger partial charge in [0.25, 0.3) is 0 Å². The lowest BCUT2D eigenvalue weighted by molar-refractivity contribution is 0.175. The molecule has 0 bridgehead atoms. The number of benzene rings is 1. The molecule has 0 aliphatic heterocycles. The fraction of sp³-hybridized carbons (Fsp3) is 0.625. The van der Waals surface area contributed by atoms with Gasteiger partial charge in [0.05, 0.1) is 0 Å². The molecule has 1 aromatic rings. The largest absolute Gasteiger partial charge is 0.313 e. The quantitative estimate of drug-likeness (QED) is 0.815. The van der Waals surface area contributed by atoms with E-state index in [-0.39, 0.29) is 5.82 Å². The van der Waals surface area contributed by atoms with Crippen LogP contribution in [-0.4, -0.2) is 30.6 Å². The number of nitrogens with zero attached hydrogens (tertiary/aromatic N) is 1. The number of halogens is 1. The van der Waals surface area contributed by atoms with Crippen LogP contribution in [-0.2, 0) is 6.54 Å². The highest BCUT2D eigenvalue weighted by Crippen LogP contribution is 2.14. The molecule has 108 valence electrons. The highest BCUT2D eigenvalue weighted by Gasteiger charge is 2.19. The lowest BCUT2D eigenvalue weighted by Gasteiger charge is -2.32. The molecule has 2 nitrogen and oxygen atoms in total. The van der Waals surface area contributed by atoms with Crippen molar-refractivity contribution in [2.75, 3.05) is 13.6 Å². The SMILES string of the molecule is CC(C)NCC(C(C)C)N(C)Cc1ccccc1F. The van der Waals surface area contributed by atoms with Crippen LogP contribution in [0.3, 0.4) is 0 Å². The molecule has 0 aliphatic rings. The van der Waals surface area contributed by atoms with Crippen LogP contribution in [0.1, 0.15) is 33.3 Å². The molecule has 1 N–H and O–H groups in total. The fourth-order valence-corrected chi connectivity index (χ4v) is 2.27. The molecule has 3 heteroatoms. The van der Waals surface area contributed by atoms with Crippen LogP contribution >= 0.6 is 0 Å². The molecular formula is C16H27FN2. The van der Waals surface area contributed by atoms with E-state index in [1.54, 1.807) is 6.07 Å². The van der Waals surface area contributed by atoms with E-state index in [0.29, 0.717) is 24.5 Å². The molecule has 0 aromatic heterocycles. The van der Waals surface area contributed by atoms with E-state index in [9.17, 15) is 4.39 Å². The maximum atomic E-state index is 13.7. The van der Waals surface area contributed by atoms with Gasteiger partial charge in [0.2, 0.25) is 0 Å². The Labute approximate surface area is 117 Å². The molecule has 0 saturated carbocycles. The number of rotatable bonds is 7. The Morgan fingerprint density at radius 1 is 1.16 bits per heavy atom. The van der Waals surface area contributed by atoms with E-state index >= 15 is 0 Å². The van der Waals surface area contributed by atoms with Crippen LogP contribution in [0.2, 0.25) is 0 Å². The van der Waals surface area contributed by atoms with Gasteiger partial charge in [0, 0.05) is 30.7 Å². The van der Waals surface area contributed by atoms with Gasteiger partial charge in [-0.25, -0.2) is 4.39 Å². The maximum absolute atomic E-state index is 13.7. The second kappa shape index (κ2) is 7.61. The van der Waals surface area contributed by atoms with Crippen molar-refractivity contribution in [3.05, 3.63) is 35.6 Å². The first-order chi connectivity index (χ1) is 8.91. The third-order valence-corrected chi connectivity index (χ3v) is 3.45. The van der Waals surface area contributed by atoms with Gasteiger partial charge in [-0.1, -0.05) is 45.9 Å². The number of hydrogen-bond donors (Lipinski definition) is 1. The van der Waals surface area contributed by atoms with Crippen molar-refractivity contribution in [3.63, 3.8) is 0 Å². The summed E-state index contributed by atoms with van der Waals surface area (Å²) in [5.74, 6) is 0.414. The Kier molecular flexibility index (Phi) is 6.46. The second-order valence-corrected chi connectivity index (χ2v) is 5.88. The molecule has 1 rings (SSSR count). The van der Waals surface area contributed by atoms with Gasteiger partial charge in [-0.2, -0.15) is 0 Å². The molecule has 0 radical (unpaired) electrons. The van der Waals surface area contributed by atoms with E-state index in [4.69, 9.17) is 0 Å². The van der Waals surface area contributed by atoms with E-state index in [1.165, 1.54) is 6.07 Å². The summed E-state index contributed by atoms with van der Waals surface area (Å²) in [7, 11) is 2.07. The molecule has 0 aliphatic carbocycles. The summed E-state index contributed by atoms with van der Waals surface area (Å²) >= 11 is 0. The molecule has 0 spiro atoms. The molecule has 1 atom stereocenters. The molecule has 0 amide bonds. The summed E-state index contributed by atoms with van der Waals surface area (Å²) in [4.78, 5) is 2.23. The molecule has 1 aromatic carbocycles. The van der Waals surface area contributed by atoms with Gasteiger partial charge in [-0.15, -0.1) is 0 Å². The van der Waals surface area contributed by atoms with Crippen LogP contribution in [0.4, 0.5) is 4.39 Å². The molecule has 1 unspecified atom stereocenters. The van der Waals surface area contributed by atoms with E-state index in [2.05, 4.69) is 45.0 Å². The number of nitrogens with one attached hydrogen (secondary N) is 1. The predicted molar refractivity (Wildman–Crippen MR) is 79.6 cm³/mol. The standard InChI is InChI=1S/C16H27FN2/c1-12(2)16(10-18-13(3)4)19(5)11-14-8-6-7-9-15(14)17/h6-9,12-13,16,18H,10-11H2,1-5H3. The van der Waals surface area contributed by atoms with E-state index in [1.807, 2.05) is 12.1 Å². The van der Waals surface area contributed by atoms with Crippen LogP contribution in [0.25, 0.3) is 0 Å². The van der Waals surface area contributed by atoms with Crippen molar-refractivity contribution in [2.45, 2.75) is 46.3 Å². The Balaban J connectivity index is 2.66. The van der Waals surface area contributed by atoms with Crippen LogP contribution in [0, 0.1) is 11.7 Å². The zero-order valence-electron chi connectivity index (χ0n) is 12.8. The first-order valence-electron chi connectivity index (χ1n) is 7.08. The van der Waals surface area contributed by atoms with Crippen molar-refractivity contribution in [3.8, 4) is 0 Å².